The lowest BCUT2D eigenvalue weighted by Gasteiger charge is -2.14. The van der Waals surface area contributed by atoms with Gasteiger partial charge in [0.15, 0.2) is 0 Å². The van der Waals surface area contributed by atoms with Crippen LogP contribution in [0.2, 0.25) is 0 Å². The summed E-state index contributed by atoms with van der Waals surface area (Å²) in [4.78, 5) is 31.0. The molecule has 7 heteroatoms. The SMILES string of the molecule is Cc1cc(C)c(CNC(=O)c2cc(-c3ccc(OCCN(C)C)cc3)cc3c2c(C)cn3C(C)C)c(=O)[nH]1. The number of benzene rings is 2. The molecule has 0 spiro atoms. The van der Waals surface area contributed by atoms with Gasteiger partial charge in [0.2, 0.25) is 0 Å². The van der Waals surface area contributed by atoms with Gasteiger partial charge in [-0.15, -0.1) is 0 Å². The van der Waals surface area contributed by atoms with Crippen molar-refractivity contribution in [2.24, 2.45) is 0 Å². The molecule has 2 aromatic carbocycles. The van der Waals surface area contributed by atoms with Gasteiger partial charge in [-0.3, -0.25) is 9.59 Å². The monoisotopic (exact) mass is 514 g/mol. The Morgan fingerprint density at radius 1 is 1.03 bits per heavy atom. The van der Waals surface area contributed by atoms with Crippen LogP contribution in [0.5, 0.6) is 5.75 Å². The summed E-state index contributed by atoms with van der Waals surface area (Å²) in [5.41, 5.74) is 6.66. The van der Waals surface area contributed by atoms with Crippen molar-refractivity contribution in [1.82, 2.24) is 19.8 Å². The molecule has 4 aromatic rings. The van der Waals surface area contributed by atoms with Crippen LogP contribution in [0.3, 0.4) is 0 Å². The zero-order chi connectivity index (χ0) is 27.6. The van der Waals surface area contributed by atoms with E-state index in [2.05, 4.69) is 45.9 Å². The maximum Gasteiger partial charge on any atom is 0.253 e. The molecule has 0 saturated heterocycles. The molecule has 38 heavy (non-hydrogen) atoms. The second kappa shape index (κ2) is 11.3. The summed E-state index contributed by atoms with van der Waals surface area (Å²) in [6.45, 7) is 11.7. The Kier molecular flexibility index (Phi) is 8.07. The average molecular weight is 515 g/mol. The molecule has 0 saturated carbocycles. The van der Waals surface area contributed by atoms with Gasteiger partial charge in [0.25, 0.3) is 11.5 Å². The molecule has 0 radical (unpaired) electrons. The van der Waals surface area contributed by atoms with Crippen molar-refractivity contribution in [2.45, 2.75) is 47.2 Å². The third-order valence-electron chi connectivity index (χ3n) is 6.84. The number of hydrogen-bond acceptors (Lipinski definition) is 4. The summed E-state index contributed by atoms with van der Waals surface area (Å²) < 4.78 is 8.06. The van der Waals surface area contributed by atoms with E-state index < -0.39 is 0 Å². The minimum atomic E-state index is -0.204. The number of pyridine rings is 1. The maximum absolute atomic E-state index is 13.6. The highest BCUT2D eigenvalue weighted by molar-refractivity contribution is 6.09. The van der Waals surface area contributed by atoms with Crippen LogP contribution in [0.15, 0.2) is 53.5 Å². The first-order chi connectivity index (χ1) is 18.0. The molecule has 0 unspecified atom stereocenters. The number of ether oxygens (including phenoxy) is 1. The summed E-state index contributed by atoms with van der Waals surface area (Å²) in [6, 6.07) is 14.2. The lowest BCUT2D eigenvalue weighted by Crippen LogP contribution is -2.28. The van der Waals surface area contributed by atoms with Gasteiger partial charge in [-0.1, -0.05) is 12.1 Å². The molecule has 0 atom stereocenters. The molecular weight excluding hydrogens is 476 g/mol. The van der Waals surface area contributed by atoms with Crippen LogP contribution < -0.4 is 15.6 Å². The van der Waals surface area contributed by atoms with E-state index in [0.29, 0.717) is 17.7 Å². The Bertz CT molecular complexity index is 1510. The number of amides is 1. The third-order valence-corrected chi connectivity index (χ3v) is 6.84. The van der Waals surface area contributed by atoms with E-state index in [4.69, 9.17) is 4.74 Å². The Morgan fingerprint density at radius 3 is 2.37 bits per heavy atom. The van der Waals surface area contributed by atoms with Crippen LogP contribution in [0.1, 0.15) is 52.6 Å². The van der Waals surface area contributed by atoms with Crippen LogP contribution in [0.4, 0.5) is 0 Å². The number of carbonyl (C=O) groups excluding carboxylic acids is 1. The molecule has 0 bridgehead atoms. The number of aryl methyl sites for hydroxylation is 3. The van der Waals surface area contributed by atoms with E-state index in [1.54, 1.807) is 0 Å². The molecule has 7 nitrogen and oxygen atoms in total. The normalized spacial score (nSPS) is 11.5. The molecule has 2 N–H and O–H groups in total. The van der Waals surface area contributed by atoms with E-state index in [9.17, 15) is 9.59 Å². The number of likely N-dealkylation sites (N-methyl/N-ethyl adjacent to an activating group) is 1. The number of aromatic amines is 1. The lowest BCUT2D eigenvalue weighted by molar-refractivity contribution is 0.0952. The van der Waals surface area contributed by atoms with Crippen LogP contribution in [0, 0.1) is 20.8 Å². The number of hydrogen-bond donors (Lipinski definition) is 2. The molecule has 0 aliphatic rings. The molecule has 4 rings (SSSR count). The molecule has 0 aliphatic carbocycles. The van der Waals surface area contributed by atoms with Gasteiger partial charge in [-0.2, -0.15) is 0 Å². The Labute approximate surface area is 224 Å². The molecule has 1 amide bonds. The van der Waals surface area contributed by atoms with Gasteiger partial charge >= 0.3 is 0 Å². The number of rotatable bonds is 9. The molecular formula is C31H38N4O3. The van der Waals surface area contributed by atoms with Crippen LogP contribution >= 0.6 is 0 Å². The topological polar surface area (TPSA) is 79.4 Å². The Hall–Kier alpha value is -3.84. The summed E-state index contributed by atoms with van der Waals surface area (Å²) in [5, 5.41) is 3.93. The fourth-order valence-electron chi connectivity index (χ4n) is 4.82. The smallest absolute Gasteiger partial charge is 0.253 e. The van der Waals surface area contributed by atoms with Crippen molar-refractivity contribution >= 4 is 16.8 Å². The fraction of sp³-hybridized carbons (Fsp3) is 0.355. The van der Waals surface area contributed by atoms with E-state index in [0.717, 1.165) is 51.1 Å². The van der Waals surface area contributed by atoms with E-state index in [1.807, 2.05) is 71.3 Å². The minimum absolute atomic E-state index is 0.162. The number of carbonyl (C=O) groups is 1. The van der Waals surface area contributed by atoms with E-state index in [1.165, 1.54) is 0 Å². The van der Waals surface area contributed by atoms with E-state index >= 15 is 0 Å². The van der Waals surface area contributed by atoms with Gasteiger partial charge in [0.1, 0.15) is 12.4 Å². The first kappa shape index (κ1) is 27.2. The predicted molar refractivity (Wildman–Crippen MR) is 154 cm³/mol. The molecule has 0 fully saturated rings. The van der Waals surface area contributed by atoms with Crippen LogP contribution in [-0.2, 0) is 6.54 Å². The first-order valence-electron chi connectivity index (χ1n) is 13.1. The third kappa shape index (κ3) is 5.83. The highest BCUT2D eigenvalue weighted by Crippen LogP contribution is 2.33. The highest BCUT2D eigenvalue weighted by atomic mass is 16.5. The summed E-state index contributed by atoms with van der Waals surface area (Å²) >= 11 is 0. The summed E-state index contributed by atoms with van der Waals surface area (Å²) in [7, 11) is 4.04. The minimum Gasteiger partial charge on any atom is -0.492 e. The standard InChI is InChI=1S/C31H38N4O3/c1-19(2)35-18-21(4)29-26(30(36)32-17-27-20(3)14-22(5)33-31(27)37)15-24(16-28(29)35)23-8-10-25(11-9-23)38-13-12-34(6)7/h8-11,14-16,18-19H,12-13,17H2,1-7H3,(H,32,36)(H,33,37). The van der Waals surface area contributed by atoms with Crippen molar-refractivity contribution in [2.75, 3.05) is 27.2 Å². The molecule has 0 aliphatic heterocycles. The van der Waals surface area contributed by atoms with Gasteiger partial charge in [-0.25, -0.2) is 0 Å². The number of H-pyrrole nitrogens is 1. The maximum atomic E-state index is 13.6. The number of aromatic nitrogens is 2. The van der Waals surface area contributed by atoms with Crippen molar-refractivity contribution in [1.29, 1.82) is 0 Å². The number of nitrogens with zero attached hydrogens (tertiary/aromatic N) is 2. The van der Waals surface area contributed by atoms with Crippen molar-refractivity contribution in [3.8, 4) is 16.9 Å². The molecule has 2 aromatic heterocycles. The van der Waals surface area contributed by atoms with Gasteiger partial charge in [0.05, 0.1) is 0 Å². The van der Waals surface area contributed by atoms with Crippen molar-refractivity contribution < 1.29 is 9.53 Å². The van der Waals surface area contributed by atoms with Gasteiger partial charge < -0.3 is 24.5 Å². The van der Waals surface area contributed by atoms with Gasteiger partial charge in [-0.05, 0) is 101 Å². The Balaban J connectivity index is 1.70. The highest BCUT2D eigenvalue weighted by Gasteiger charge is 2.19. The predicted octanol–water partition coefficient (Wildman–Crippen LogP) is 5.37. The van der Waals surface area contributed by atoms with Crippen molar-refractivity contribution in [3.63, 3.8) is 0 Å². The van der Waals surface area contributed by atoms with Crippen molar-refractivity contribution in [3.05, 3.63) is 87.0 Å². The number of nitrogens with one attached hydrogen (secondary N) is 2. The second-order valence-electron chi connectivity index (χ2n) is 10.5. The van der Waals surface area contributed by atoms with Crippen LogP contribution in [-0.4, -0.2) is 47.6 Å². The quantitative estimate of drug-likeness (QED) is 0.315. The second-order valence-corrected chi connectivity index (χ2v) is 10.5. The lowest BCUT2D eigenvalue weighted by atomic mass is 9.98. The van der Waals surface area contributed by atoms with Crippen LogP contribution in [0.25, 0.3) is 22.0 Å². The number of fused-ring (bicyclic) bond motifs is 1. The average Bonchev–Trinajstić information content (AvgIpc) is 3.19. The summed E-state index contributed by atoms with van der Waals surface area (Å²) in [6.07, 6.45) is 2.10. The zero-order valence-electron chi connectivity index (χ0n) is 23.4. The fourth-order valence-corrected chi connectivity index (χ4v) is 4.82. The summed E-state index contributed by atoms with van der Waals surface area (Å²) in [5.74, 6) is 0.610. The zero-order valence-corrected chi connectivity index (χ0v) is 23.4. The molecule has 200 valence electrons. The van der Waals surface area contributed by atoms with E-state index in [-0.39, 0.29) is 24.1 Å². The van der Waals surface area contributed by atoms with Gasteiger partial charge in [0, 0.05) is 53.1 Å². The Morgan fingerprint density at radius 2 is 1.74 bits per heavy atom. The first-order valence-corrected chi connectivity index (χ1v) is 13.1. The largest absolute Gasteiger partial charge is 0.492 e. The molecule has 2 heterocycles.